The first-order valence-electron chi connectivity index (χ1n) is 12.0. The maximum atomic E-state index is 12.0. The number of unbranched alkanes of at least 4 members (excludes halogenated alkanes) is 10. The van der Waals surface area contributed by atoms with Gasteiger partial charge in [-0.25, -0.2) is 8.42 Å². The van der Waals surface area contributed by atoms with Gasteiger partial charge in [-0.1, -0.05) is 102 Å². The van der Waals surface area contributed by atoms with Crippen molar-refractivity contribution in [1.82, 2.24) is 0 Å². The minimum Gasteiger partial charge on any atom is -0.744 e. The van der Waals surface area contributed by atoms with Crippen molar-refractivity contribution in [1.29, 1.82) is 0 Å². The first-order valence-corrected chi connectivity index (χ1v) is 13.4. The van der Waals surface area contributed by atoms with Crippen molar-refractivity contribution < 1.29 is 64.4 Å². The Morgan fingerprint density at radius 1 is 0.710 bits per heavy atom. The van der Waals surface area contributed by atoms with Crippen LogP contribution < -0.4 is 51.4 Å². The Balaban J connectivity index is 0.00000480. The molecule has 31 heavy (non-hydrogen) atoms. The monoisotopic (exact) mass is 470 g/mol. The van der Waals surface area contributed by atoms with E-state index in [4.69, 9.17) is 0 Å². The molecule has 0 saturated carbocycles. The summed E-state index contributed by atoms with van der Waals surface area (Å²) in [4.78, 5) is -0.0502. The van der Waals surface area contributed by atoms with Crippen molar-refractivity contribution >= 4 is 20.9 Å². The van der Waals surface area contributed by atoms with E-state index in [1.165, 1.54) is 57.8 Å². The van der Waals surface area contributed by atoms with Crippen molar-refractivity contribution in [2.45, 2.75) is 109 Å². The minimum atomic E-state index is -4.50. The standard InChI is InChI=1S/C26H40O3S.K/c1-3-5-7-9-11-13-16-22-20-25-23(17-14-12-10-8-6-4-2)18-15-19-24(25)26(21-22)30(27,28)29;/h15,18-21H,3-14,16-17H2,1-2H3,(H,27,28,29);/q;+1/p-1. The van der Waals surface area contributed by atoms with Gasteiger partial charge < -0.3 is 4.55 Å². The fourth-order valence-corrected chi connectivity index (χ4v) is 4.99. The molecule has 0 aliphatic heterocycles. The second-order valence-electron chi connectivity index (χ2n) is 8.60. The summed E-state index contributed by atoms with van der Waals surface area (Å²) in [6.07, 6.45) is 16.3. The molecule has 0 heterocycles. The van der Waals surface area contributed by atoms with Crippen molar-refractivity contribution in [2.75, 3.05) is 0 Å². The molecule has 0 N–H and O–H groups in total. The molecule has 0 aliphatic carbocycles. The molecular weight excluding hydrogens is 431 g/mol. The van der Waals surface area contributed by atoms with Crippen LogP contribution in [-0.4, -0.2) is 13.0 Å². The third kappa shape index (κ3) is 10.4. The Bertz CT molecular complexity index is 878. The molecule has 168 valence electrons. The van der Waals surface area contributed by atoms with Crippen LogP contribution in [0.25, 0.3) is 10.8 Å². The first-order chi connectivity index (χ1) is 14.5. The average molecular weight is 471 g/mol. The van der Waals surface area contributed by atoms with Gasteiger partial charge in [0.05, 0.1) is 4.90 Å². The second kappa shape index (κ2) is 16.0. The fraction of sp³-hybridized carbons (Fsp3) is 0.615. The smallest absolute Gasteiger partial charge is 0.744 e. The van der Waals surface area contributed by atoms with Crippen LogP contribution in [0.5, 0.6) is 0 Å². The van der Waals surface area contributed by atoms with Gasteiger partial charge in [-0.3, -0.25) is 0 Å². The Labute approximate surface area is 233 Å². The molecular formula is C26H39KO3S. The normalized spacial score (nSPS) is 11.6. The van der Waals surface area contributed by atoms with E-state index < -0.39 is 10.1 Å². The summed E-state index contributed by atoms with van der Waals surface area (Å²) in [6, 6.07) is 9.49. The SMILES string of the molecule is CCCCCCCCc1cc(S(=O)(=O)[O-])c2cccc(CCCCCCCC)c2c1.[K+]. The van der Waals surface area contributed by atoms with E-state index in [9.17, 15) is 13.0 Å². The quantitative estimate of drug-likeness (QED) is 0.218. The third-order valence-corrected chi connectivity index (χ3v) is 6.87. The zero-order valence-electron chi connectivity index (χ0n) is 19.9. The molecule has 5 heteroatoms. The third-order valence-electron chi connectivity index (χ3n) is 6.00. The largest absolute Gasteiger partial charge is 1.00 e. The van der Waals surface area contributed by atoms with Gasteiger partial charge in [0.2, 0.25) is 0 Å². The van der Waals surface area contributed by atoms with Gasteiger partial charge in [0.15, 0.2) is 0 Å². The van der Waals surface area contributed by atoms with E-state index in [0.717, 1.165) is 48.6 Å². The maximum absolute atomic E-state index is 12.0. The van der Waals surface area contributed by atoms with E-state index >= 15 is 0 Å². The van der Waals surface area contributed by atoms with Crippen LogP contribution in [0.3, 0.4) is 0 Å². The molecule has 0 saturated heterocycles. The Morgan fingerprint density at radius 3 is 1.84 bits per heavy atom. The van der Waals surface area contributed by atoms with Crippen molar-refractivity contribution in [3.05, 3.63) is 41.5 Å². The van der Waals surface area contributed by atoms with E-state index in [2.05, 4.69) is 26.0 Å². The molecule has 0 bridgehead atoms. The zero-order chi connectivity index (χ0) is 21.8. The first kappa shape index (κ1) is 29.3. The van der Waals surface area contributed by atoms with Gasteiger partial charge in [-0.2, -0.15) is 0 Å². The average Bonchev–Trinajstić information content (AvgIpc) is 2.72. The molecule has 2 rings (SSSR count). The molecule has 2 aromatic carbocycles. The van der Waals surface area contributed by atoms with Crippen LogP contribution >= 0.6 is 0 Å². The molecule has 2 aromatic rings. The molecule has 0 radical (unpaired) electrons. The molecule has 0 spiro atoms. The number of aryl methyl sites for hydroxylation is 2. The van der Waals surface area contributed by atoms with Gasteiger partial charge >= 0.3 is 51.4 Å². The summed E-state index contributed by atoms with van der Waals surface area (Å²) >= 11 is 0. The summed E-state index contributed by atoms with van der Waals surface area (Å²) in [6.45, 7) is 4.43. The summed E-state index contributed by atoms with van der Waals surface area (Å²) < 4.78 is 35.9. The molecule has 0 atom stereocenters. The van der Waals surface area contributed by atoms with Crippen LogP contribution in [0, 0.1) is 0 Å². The van der Waals surface area contributed by atoms with E-state index in [1.807, 2.05) is 6.07 Å². The van der Waals surface area contributed by atoms with Crippen LogP contribution in [0.15, 0.2) is 35.2 Å². The summed E-state index contributed by atoms with van der Waals surface area (Å²) in [5, 5.41) is 1.53. The molecule has 0 aromatic heterocycles. The minimum absolute atomic E-state index is 0. The summed E-state index contributed by atoms with van der Waals surface area (Å²) in [5.41, 5.74) is 2.14. The van der Waals surface area contributed by atoms with Gasteiger partial charge in [0.25, 0.3) is 0 Å². The van der Waals surface area contributed by atoms with E-state index in [1.54, 1.807) is 12.1 Å². The van der Waals surface area contributed by atoms with Crippen LogP contribution in [0.2, 0.25) is 0 Å². The second-order valence-corrected chi connectivity index (χ2v) is 9.94. The number of hydrogen-bond donors (Lipinski definition) is 0. The topological polar surface area (TPSA) is 57.2 Å². The van der Waals surface area contributed by atoms with Gasteiger partial charge in [-0.05, 0) is 53.6 Å². The van der Waals surface area contributed by atoms with E-state index in [0.29, 0.717) is 5.39 Å². The maximum Gasteiger partial charge on any atom is 1.00 e. The molecule has 0 amide bonds. The van der Waals surface area contributed by atoms with E-state index in [-0.39, 0.29) is 56.3 Å². The number of hydrogen-bond acceptors (Lipinski definition) is 3. The van der Waals surface area contributed by atoms with Crippen molar-refractivity contribution in [3.8, 4) is 0 Å². The van der Waals surface area contributed by atoms with Gasteiger partial charge in [0.1, 0.15) is 10.1 Å². The predicted molar refractivity (Wildman–Crippen MR) is 126 cm³/mol. The van der Waals surface area contributed by atoms with Crippen molar-refractivity contribution in [2.24, 2.45) is 0 Å². The van der Waals surface area contributed by atoms with Crippen molar-refractivity contribution in [3.63, 3.8) is 0 Å². The van der Waals surface area contributed by atoms with Crippen LogP contribution in [0.1, 0.15) is 102 Å². The molecule has 0 unspecified atom stereocenters. The van der Waals surface area contributed by atoms with Gasteiger partial charge in [-0.15, -0.1) is 0 Å². The predicted octanol–water partition coefficient (Wildman–Crippen LogP) is 4.55. The number of fused-ring (bicyclic) bond motifs is 1. The molecule has 3 nitrogen and oxygen atoms in total. The number of rotatable bonds is 15. The Morgan fingerprint density at radius 2 is 1.26 bits per heavy atom. The van der Waals surface area contributed by atoms with Gasteiger partial charge in [0, 0.05) is 0 Å². The van der Waals surface area contributed by atoms with Crippen LogP contribution in [0.4, 0.5) is 0 Å². The zero-order valence-corrected chi connectivity index (χ0v) is 23.9. The molecule has 0 fully saturated rings. The summed E-state index contributed by atoms with van der Waals surface area (Å²) in [7, 11) is -4.50. The van der Waals surface area contributed by atoms with Crippen LogP contribution in [-0.2, 0) is 23.0 Å². The molecule has 0 aliphatic rings. The number of benzene rings is 2. The Hall–Kier alpha value is 0.246. The fourth-order valence-electron chi connectivity index (χ4n) is 4.25. The summed E-state index contributed by atoms with van der Waals surface area (Å²) in [5.74, 6) is 0. The Kier molecular flexibility index (Phi) is 15.1.